The largest absolute Gasteiger partial charge is 0.395 e. The Morgan fingerprint density at radius 1 is 1.19 bits per heavy atom. The fourth-order valence-corrected chi connectivity index (χ4v) is 2.82. The van der Waals surface area contributed by atoms with E-state index in [2.05, 4.69) is 32.2 Å². The zero-order chi connectivity index (χ0) is 14.5. The van der Waals surface area contributed by atoms with E-state index in [9.17, 15) is 0 Å². The molecule has 1 saturated carbocycles. The van der Waals surface area contributed by atoms with Crippen LogP contribution in [0, 0.1) is 0 Å². The first-order chi connectivity index (χ1) is 10.3. The van der Waals surface area contributed by atoms with E-state index in [0.29, 0.717) is 0 Å². The molecule has 1 saturated heterocycles. The van der Waals surface area contributed by atoms with Gasteiger partial charge in [-0.05, 0) is 37.4 Å². The van der Waals surface area contributed by atoms with Crippen molar-refractivity contribution in [3.63, 3.8) is 0 Å². The minimum Gasteiger partial charge on any atom is -0.395 e. The summed E-state index contributed by atoms with van der Waals surface area (Å²) in [6, 6.07) is 5.08. The van der Waals surface area contributed by atoms with Crippen molar-refractivity contribution in [2.45, 2.75) is 31.8 Å². The Bertz CT molecular complexity index is 432. The summed E-state index contributed by atoms with van der Waals surface area (Å²) >= 11 is 0. The van der Waals surface area contributed by atoms with E-state index >= 15 is 0 Å². The van der Waals surface area contributed by atoms with Gasteiger partial charge in [0, 0.05) is 45.0 Å². The lowest BCUT2D eigenvalue weighted by atomic mass is 10.2. The van der Waals surface area contributed by atoms with Crippen LogP contribution in [0.2, 0.25) is 0 Å². The summed E-state index contributed by atoms with van der Waals surface area (Å²) in [4.78, 5) is 9.32. The Morgan fingerprint density at radius 3 is 2.81 bits per heavy atom. The maximum absolute atomic E-state index is 9.04. The fraction of sp³-hybridized carbons (Fsp3) is 0.688. The van der Waals surface area contributed by atoms with E-state index in [4.69, 9.17) is 5.11 Å². The molecule has 1 aromatic rings. The van der Waals surface area contributed by atoms with Gasteiger partial charge < -0.3 is 15.3 Å². The van der Waals surface area contributed by atoms with Gasteiger partial charge in [-0.25, -0.2) is 4.98 Å². The molecule has 21 heavy (non-hydrogen) atoms. The number of nitrogens with one attached hydrogen (secondary N) is 1. The van der Waals surface area contributed by atoms with E-state index in [1.165, 1.54) is 18.4 Å². The first-order valence-corrected chi connectivity index (χ1v) is 8.11. The summed E-state index contributed by atoms with van der Waals surface area (Å²) in [7, 11) is 0. The second-order valence-corrected chi connectivity index (χ2v) is 6.09. The molecule has 0 unspecified atom stereocenters. The molecule has 0 atom stereocenters. The highest BCUT2D eigenvalue weighted by molar-refractivity contribution is 5.39. The highest BCUT2D eigenvalue weighted by Gasteiger charge is 2.20. The van der Waals surface area contributed by atoms with Crippen molar-refractivity contribution in [1.29, 1.82) is 0 Å². The minimum absolute atomic E-state index is 0.251. The Kier molecular flexibility index (Phi) is 5.06. The third kappa shape index (κ3) is 4.40. The van der Waals surface area contributed by atoms with Gasteiger partial charge in [-0.1, -0.05) is 6.07 Å². The highest BCUT2D eigenvalue weighted by atomic mass is 16.3. The summed E-state index contributed by atoms with van der Waals surface area (Å²) in [5.41, 5.74) is 1.27. The van der Waals surface area contributed by atoms with Gasteiger partial charge in [-0.3, -0.25) is 4.90 Å². The number of aliphatic hydroxyl groups excluding tert-OH is 1. The van der Waals surface area contributed by atoms with Crippen molar-refractivity contribution >= 4 is 5.82 Å². The van der Waals surface area contributed by atoms with Crippen molar-refractivity contribution in [2.24, 2.45) is 0 Å². The number of nitrogens with zero attached hydrogens (tertiary/aromatic N) is 3. The quantitative estimate of drug-likeness (QED) is 0.813. The summed E-state index contributed by atoms with van der Waals surface area (Å²) < 4.78 is 0. The third-order valence-corrected chi connectivity index (χ3v) is 4.31. The summed E-state index contributed by atoms with van der Waals surface area (Å²) in [6.45, 7) is 6.09. The highest BCUT2D eigenvalue weighted by Crippen LogP contribution is 2.19. The molecule has 0 aromatic carbocycles. The molecule has 1 aromatic heterocycles. The Morgan fingerprint density at radius 2 is 2.10 bits per heavy atom. The number of aromatic nitrogens is 1. The van der Waals surface area contributed by atoms with E-state index in [1.54, 1.807) is 0 Å². The Hall–Kier alpha value is -1.17. The van der Waals surface area contributed by atoms with Gasteiger partial charge in [0.2, 0.25) is 0 Å². The molecule has 2 aliphatic rings. The maximum atomic E-state index is 9.04. The van der Waals surface area contributed by atoms with Gasteiger partial charge >= 0.3 is 0 Å². The monoisotopic (exact) mass is 290 g/mol. The van der Waals surface area contributed by atoms with Crippen LogP contribution in [0.5, 0.6) is 0 Å². The van der Waals surface area contributed by atoms with E-state index < -0.39 is 0 Å². The molecular formula is C16H26N4O. The first-order valence-electron chi connectivity index (χ1n) is 8.11. The molecule has 0 bridgehead atoms. The second-order valence-electron chi connectivity index (χ2n) is 6.09. The van der Waals surface area contributed by atoms with Gasteiger partial charge in [0.05, 0.1) is 6.61 Å². The molecule has 5 nitrogen and oxygen atoms in total. The number of hydrogen-bond donors (Lipinski definition) is 2. The topological polar surface area (TPSA) is 51.6 Å². The molecule has 1 aliphatic carbocycles. The van der Waals surface area contributed by atoms with E-state index in [-0.39, 0.29) is 6.61 Å². The number of β-amino-alcohol motifs (C(OH)–C–C–N with tert-alkyl or cyclic N) is 1. The first kappa shape index (κ1) is 14.8. The van der Waals surface area contributed by atoms with Crippen molar-refractivity contribution in [3.05, 3.63) is 23.9 Å². The normalized spacial score (nSPS) is 20.5. The number of aliphatic hydroxyl groups is 1. The van der Waals surface area contributed by atoms with Gasteiger partial charge in [-0.2, -0.15) is 0 Å². The molecule has 0 radical (unpaired) electrons. The van der Waals surface area contributed by atoms with Crippen LogP contribution in [0.1, 0.15) is 24.8 Å². The number of anilines is 1. The molecule has 2 fully saturated rings. The van der Waals surface area contributed by atoms with Crippen molar-refractivity contribution in [2.75, 3.05) is 44.2 Å². The molecule has 0 amide bonds. The lowest BCUT2D eigenvalue weighted by Crippen LogP contribution is -2.32. The number of rotatable bonds is 6. The van der Waals surface area contributed by atoms with Crippen molar-refractivity contribution in [1.82, 2.24) is 15.2 Å². The number of hydrogen-bond acceptors (Lipinski definition) is 5. The molecule has 5 heteroatoms. The smallest absolute Gasteiger partial charge is 0.128 e. The molecule has 2 heterocycles. The minimum atomic E-state index is 0.251. The number of pyridine rings is 1. The Balaban J connectivity index is 1.53. The summed E-state index contributed by atoms with van der Waals surface area (Å²) in [6.07, 6.45) is 5.78. The molecule has 2 N–H and O–H groups in total. The fourth-order valence-electron chi connectivity index (χ4n) is 2.82. The lowest BCUT2D eigenvalue weighted by Gasteiger charge is -2.22. The van der Waals surface area contributed by atoms with Crippen LogP contribution in [0.15, 0.2) is 18.3 Å². The summed E-state index contributed by atoms with van der Waals surface area (Å²) in [5, 5.41) is 12.6. The van der Waals surface area contributed by atoms with Crippen molar-refractivity contribution in [3.8, 4) is 0 Å². The average Bonchev–Trinajstić information content (AvgIpc) is 3.34. The van der Waals surface area contributed by atoms with Gasteiger partial charge in [0.1, 0.15) is 5.82 Å². The average molecular weight is 290 g/mol. The van der Waals surface area contributed by atoms with Crippen LogP contribution in [0.4, 0.5) is 5.82 Å². The van der Waals surface area contributed by atoms with Crippen LogP contribution >= 0.6 is 0 Å². The van der Waals surface area contributed by atoms with Crippen LogP contribution < -0.4 is 10.2 Å². The Labute approximate surface area is 127 Å². The van der Waals surface area contributed by atoms with Crippen molar-refractivity contribution < 1.29 is 5.11 Å². The molecule has 3 rings (SSSR count). The molecule has 116 valence electrons. The lowest BCUT2D eigenvalue weighted by molar-refractivity contribution is 0.204. The van der Waals surface area contributed by atoms with Crippen LogP contribution in [-0.2, 0) is 6.54 Å². The second kappa shape index (κ2) is 7.20. The van der Waals surface area contributed by atoms with Gasteiger partial charge in [0.15, 0.2) is 0 Å². The predicted molar refractivity (Wildman–Crippen MR) is 84.5 cm³/mol. The van der Waals surface area contributed by atoms with Crippen LogP contribution in [0.25, 0.3) is 0 Å². The molecule has 1 aliphatic heterocycles. The zero-order valence-electron chi connectivity index (χ0n) is 12.7. The van der Waals surface area contributed by atoms with E-state index in [0.717, 1.165) is 57.5 Å². The molecular weight excluding hydrogens is 264 g/mol. The maximum Gasteiger partial charge on any atom is 0.128 e. The van der Waals surface area contributed by atoms with Gasteiger partial charge in [-0.15, -0.1) is 0 Å². The van der Waals surface area contributed by atoms with E-state index in [1.807, 2.05) is 6.20 Å². The zero-order valence-corrected chi connectivity index (χ0v) is 12.7. The SMILES string of the molecule is OCCN1CCCN(c2ccc(CNC3CC3)cn2)CC1. The van der Waals surface area contributed by atoms with Crippen LogP contribution in [0.3, 0.4) is 0 Å². The predicted octanol–water partition coefficient (Wildman–Crippen LogP) is 0.838. The van der Waals surface area contributed by atoms with Crippen LogP contribution in [-0.4, -0.2) is 60.4 Å². The summed E-state index contributed by atoms with van der Waals surface area (Å²) in [5.74, 6) is 1.08. The standard InChI is InChI=1S/C16H26N4O/c21-11-10-19-6-1-7-20(9-8-19)16-5-2-14(13-18-16)12-17-15-3-4-15/h2,5,13,15,17,21H,1,3-4,6-12H2. The third-order valence-electron chi connectivity index (χ3n) is 4.31. The van der Waals surface area contributed by atoms with Gasteiger partial charge in [0.25, 0.3) is 0 Å². The molecule has 0 spiro atoms.